The normalized spacial score (nSPS) is 14.3. The van der Waals surface area contributed by atoms with Crippen molar-refractivity contribution in [2.24, 2.45) is 0 Å². The number of benzene rings is 4. The third kappa shape index (κ3) is 8.39. The van der Waals surface area contributed by atoms with Crippen molar-refractivity contribution in [1.82, 2.24) is 10.2 Å². The molecule has 8 heteroatoms. The van der Waals surface area contributed by atoms with Crippen molar-refractivity contribution < 1.29 is 18.0 Å². The zero-order valence-electron chi connectivity index (χ0n) is 25.7. The van der Waals surface area contributed by atoms with Crippen molar-refractivity contribution in [2.45, 2.75) is 69.0 Å². The Labute approximate surface area is 266 Å². The number of nitrogens with one attached hydrogen (secondary N) is 1. The molecule has 1 N–H and O–H groups in total. The highest BCUT2D eigenvalue weighted by Crippen LogP contribution is 2.25. The van der Waals surface area contributed by atoms with Gasteiger partial charge in [-0.2, -0.15) is 0 Å². The summed E-state index contributed by atoms with van der Waals surface area (Å²) in [4.78, 5) is 30.3. The van der Waals surface area contributed by atoms with Gasteiger partial charge in [-0.25, -0.2) is 8.42 Å². The molecule has 1 atom stereocenters. The van der Waals surface area contributed by atoms with Gasteiger partial charge >= 0.3 is 0 Å². The summed E-state index contributed by atoms with van der Waals surface area (Å²) in [7, 11) is -4.11. The summed E-state index contributed by atoms with van der Waals surface area (Å²) in [6.45, 7) is 1.58. The lowest BCUT2D eigenvalue weighted by molar-refractivity contribution is -0.140. The molecule has 4 aromatic rings. The number of carbonyl (C=O) groups excluding carboxylic acids is 2. The highest BCUT2D eigenvalue weighted by atomic mass is 32.2. The fraction of sp³-hybridized carbons (Fsp3) is 0.297. The van der Waals surface area contributed by atoms with Crippen LogP contribution in [0.3, 0.4) is 0 Å². The van der Waals surface area contributed by atoms with Crippen LogP contribution >= 0.6 is 0 Å². The molecular weight excluding hydrogens is 582 g/mol. The van der Waals surface area contributed by atoms with E-state index in [0.717, 1.165) is 53.1 Å². The molecule has 2 amide bonds. The molecule has 1 saturated carbocycles. The molecule has 7 nitrogen and oxygen atoms in total. The smallest absolute Gasteiger partial charge is 0.264 e. The molecule has 0 saturated heterocycles. The molecule has 1 aliphatic carbocycles. The lowest BCUT2D eigenvalue weighted by Gasteiger charge is -2.35. The first-order valence-corrected chi connectivity index (χ1v) is 17.1. The molecule has 0 spiro atoms. The summed E-state index contributed by atoms with van der Waals surface area (Å²) in [6.07, 6.45) is 5.39. The molecule has 234 valence electrons. The lowest BCUT2D eigenvalue weighted by Crippen LogP contribution is -2.55. The molecule has 4 aromatic carbocycles. The van der Waals surface area contributed by atoms with Crippen molar-refractivity contribution in [1.29, 1.82) is 0 Å². The van der Waals surface area contributed by atoms with E-state index < -0.39 is 28.5 Å². The third-order valence-electron chi connectivity index (χ3n) is 8.35. The third-order valence-corrected chi connectivity index (χ3v) is 10.1. The van der Waals surface area contributed by atoms with Crippen LogP contribution in [0, 0.1) is 6.92 Å². The Kier molecular flexibility index (Phi) is 10.7. The molecule has 0 radical (unpaired) electrons. The van der Waals surface area contributed by atoms with Crippen LogP contribution < -0.4 is 9.62 Å². The Morgan fingerprint density at radius 2 is 1.31 bits per heavy atom. The van der Waals surface area contributed by atoms with Gasteiger partial charge in [-0.05, 0) is 55.2 Å². The minimum atomic E-state index is -4.11. The van der Waals surface area contributed by atoms with Gasteiger partial charge in [0.2, 0.25) is 11.8 Å². The Hall–Kier alpha value is -4.43. The van der Waals surface area contributed by atoms with Crippen molar-refractivity contribution >= 4 is 27.5 Å². The second-order valence-corrected chi connectivity index (χ2v) is 13.6. The fourth-order valence-electron chi connectivity index (χ4n) is 5.84. The van der Waals surface area contributed by atoms with Gasteiger partial charge in [0.15, 0.2) is 0 Å². The van der Waals surface area contributed by atoms with Gasteiger partial charge in [0, 0.05) is 19.0 Å². The van der Waals surface area contributed by atoms with Gasteiger partial charge in [0.05, 0.1) is 10.6 Å². The van der Waals surface area contributed by atoms with E-state index in [1.165, 1.54) is 0 Å². The number of anilines is 1. The first kappa shape index (κ1) is 32.0. The SMILES string of the molecule is Cc1ccc(S(=O)(=O)N(CC(=O)N(Cc2ccccc2)[C@@H](Cc2ccccc2)C(=O)NC2CCCCC2)c2ccccc2)cc1. The molecule has 0 bridgehead atoms. The van der Waals surface area contributed by atoms with Gasteiger partial charge in [-0.3, -0.25) is 13.9 Å². The summed E-state index contributed by atoms with van der Waals surface area (Å²) in [5.74, 6) is -0.680. The van der Waals surface area contributed by atoms with Crippen molar-refractivity contribution in [2.75, 3.05) is 10.8 Å². The van der Waals surface area contributed by atoms with Crippen LogP contribution in [0.1, 0.15) is 48.8 Å². The summed E-state index contributed by atoms with van der Waals surface area (Å²) in [5, 5.41) is 3.24. The van der Waals surface area contributed by atoms with Gasteiger partial charge in [-0.15, -0.1) is 0 Å². The van der Waals surface area contributed by atoms with E-state index in [1.54, 1.807) is 59.5 Å². The van der Waals surface area contributed by atoms with Crippen LogP contribution in [0.25, 0.3) is 0 Å². The summed E-state index contributed by atoms with van der Waals surface area (Å²) < 4.78 is 29.3. The highest BCUT2D eigenvalue weighted by molar-refractivity contribution is 7.92. The molecule has 5 rings (SSSR count). The molecule has 0 aromatic heterocycles. The molecular formula is C37H41N3O4S. The van der Waals surface area contributed by atoms with E-state index in [4.69, 9.17) is 0 Å². The molecule has 0 unspecified atom stereocenters. The average Bonchev–Trinajstić information content (AvgIpc) is 3.07. The molecule has 45 heavy (non-hydrogen) atoms. The maximum atomic E-state index is 14.5. The van der Waals surface area contributed by atoms with Crippen molar-refractivity contribution in [3.05, 3.63) is 132 Å². The number of hydrogen-bond donors (Lipinski definition) is 1. The minimum absolute atomic E-state index is 0.0564. The Morgan fingerprint density at radius 1 is 0.756 bits per heavy atom. The zero-order chi connectivity index (χ0) is 31.6. The van der Waals surface area contributed by atoms with Crippen LogP contribution in [0.2, 0.25) is 0 Å². The number of aryl methyl sites for hydroxylation is 1. The van der Waals surface area contributed by atoms with E-state index >= 15 is 0 Å². The van der Waals surface area contributed by atoms with Gasteiger partial charge in [-0.1, -0.05) is 116 Å². The van der Waals surface area contributed by atoms with E-state index in [9.17, 15) is 18.0 Å². The quantitative estimate of drug-likeness (QED) is 0.201. The van der Waals surface area contributed by atoms with Crippen LogP contribution in [0.5, 0.6) is 0 Å². The Balaban J connectivity index is 1.53. The monoisotopic (exact) mass is 623 g/mol. The van der Waals surface area contributed by atoms with Gasteiger partial charge < -0.3 is 10.2 Å². The summed E-state index contributed by atoms with van der Waals surface area (Å²) in [6, 6.07) is 33.6. The van der Waals surface area contributed by atoms with E-state index in [0.29, 0.717) is 12.1 Å². The largest absolute Gasteiger partial charge is 0.352 e. The summed E-state index contributed by atoms with van der Waals surface area (Å²) in [5.41, 5.74) is 3.07. The number of amides is 2. The standard InChI is InChI=1S/C37H41N3O4S/c1-29-22-24-34(25-23-29)45(43,44)40(33-20-12-5-13-21-33)28-36(41)39(27-31-16-8-3-9-17-31)35(26-30-14-6-2-7-15-30)37(42)38-32-18-10-4-11-19-32/h2-3,5-9,12-17,20-25,32,35H,4,10-11,18-19,26-28H2,1H3,(H,38,42)/t35-/m0/s1. The minimum Gasteiger partial charge on any atom is -0.352 e. The van der Waals surface area contributed by atoms with Crippen LogP contribution in [0.15, 0.2) is 120 Å². The zero-order valence-corrected chi connectivity index (χ0v) is 26.5. The number of sulfonamides is 1. The Morgan fingerprint density at radius 3 is 1.91 bits per heavy atom. The van der Waals surface area contributed by atoms with Crippen molar-refractivity contribution in [3.8, 4) is 0 Å². The van der Waals surface area contributed by atoms with Crippen molar-refractivity contribution in [3.63, 3.8) is 0 Å². The maximum Gasteiger partial charge on any atom is 0.264 e. The van der Waals surface area contributed by atoms with Crippen LogP contribution in [-0.2, 0) is 32.6 Å². The molecule has 1 fully saturated rings. The molecule has 0 aliphatic heterocycles. The van der Waals surface area contributed by atoms with E-state index in [-0.39, 0.29) is 23.4 Å². The Bertz CT molecular complexity index is 1640. The number of para-hydroxylation sites is 1. The van der Waals surface area contributed by atoms with Crippen LogP contribution in [-0.4, -0.2) is 43.8 Å². The highest BCUT2D eigenvalue weighted by Gasteiger charge is 2.35. The second-order valence-electron chi connectivity index (χ2n) is 11.7. The van der Waals surface area contributed by atoms with E-state index in [2.05, 4.69) is 5.32 Å². The van der Waals surface area contributed by atoms with Gasteiger partial charge in [0.1, 0.15) is 12.6 Å². The lowest BCUT2D eigenvalue weighted by atomic mass is 9.94. The maximum absolute atomic E-state index is 14.5. The summed E-state index contributed by atoms with van der Waals surface area (Å²) >= 11 is 0. The predicted molar refractivity (Wildman–Crippen MR) is 178 cm³/mol. The predicted octanol–water partition coefficient (Wildman–Crippen LogP) is 6.28. The number of hydrogen-bond acceptors (Lipinski definition) is 4. The average molecular weight is 624 g/mol. The number of rotatable bonds is 12. The first-order chi connectivity index (χ1) is 21.8. The van der Waals surface area contributed by atoms with Gasteiger partial charge in [0.25, 0.3) is 10.0 Å². The number of carbonyl (C=O) groups is 2. The fourth-order valence-corrected chi connectivity index (χ4v) is 7.25. The number of nitrogens with zero attached hydrogens (tertiary/aromatic N) is 2. The second kappa shape index (κ2) is 15.0. The van der Waals surface area contributed by atoms with Crippen LogP contribution in [0.4, 0.5) is 5.69 Å². The molecule has 0 heterocycles. The van der Waals surface area contributed by atoms with E-state index in [1.807, 2.05) is 67.6 Å². The first-order valence-electron chi connectivity index (χ1n) is 15.6. The molecule has 1 aliphatic rings. The topological polar surface area (TPSA) is 86.8 Å².